The molecule has 0 bridgehead atoms. The first-order chi connectivity index (χ1) is 12.6. The summed E-state index contributed by atoms with van der Waals surface area (Å²) < 4.78 is 5.02. The lowest BCUT2D eigenvalue weighted by molar-refractivity contribution is -0.140. The Bertz CT molecular complexity index is 1020. The van der Waals surface area contributed by atoms with Crippen LogP contribution in [0.25, 0.3) is 21.8 Å². The second kappa shape index (κ2) is 6.37. The Morgan fingerprint density at radius 2 is 1.35 bits per heavy atom. The molecule has 0 saturated carbocycles. The van der Waals surface area contributed by atoms with Crippen LogP contribution in [0.4, 0.5) is 0 Å². The molecule has 4 rings (SSSR count). The zero-order valence-electron chi connectivity index (χ0n) is 15.2. The summed E-state index contributed by atoms with van der Waals surface area (Å²) >= 11 is 0. The van der Waals surface area contributed by atoms with Crippen molar-refractivity contribution < 1.29 is 9.53 Å². The van der Waals surface area contributed by atoms with E-state index in [0.717, 1.165) is 33.2 Å². The number of ether oxygens (including phenoxy) is 1. The smallest absolute Gasteiger partial charge is 0.306 e. The number of fused-ring (bicyclic) bond motifs is 2. The molecular formula is C22H22N2O2. The van der Waals surface area contributed by atoms with Crippen LogP contribution in [-0.2, 0) is 9.53 Å². The van der Waals surface area contributed by atoms with Crippen LogP contribution in [0.1, 0.15) is 34.9 Å². The van der Waals surface area contributed by atoms with Gasteiger partial charge >= 0.3 is 5.97 Å². The predicted molar refractivity (Wildman–Crippen MR) is 105 cm³/mol. The number of benzene rings is 2. The molecule has 0 aliphatic heterocycles. The number of para-hydroxylation sites is 2. The molecule has 0 aliphatic rings. The lowest BCUT2D eigenvalue weighted by atomic mass is 9.85. The minimum Gasteiger partial charge on any atom is -0.469 e. The molecule has 0 unspecified atom stereocenters. The van der Waals surface area contributed by atoms with Crippen LogP contribution >= 0.6 is 0 Å². The lowest BCUT2D eigenvalue weighted by Crippen LogP contribution is -2.11. The van der Waals surface area contributed by atoms with Gasteiger partial charge in [-0.15, -0.1) is 0 Å². The van der Waals surface area contributed by atoms with E-state index in [1.165, 1.54) is 18.2 Å². The van der Waals surface area contributed by atoms with Crippen molar-refractivity contribution in [1.29, 1.82) is 0 Å². The van der Waals surface area contributed by atoms with E-state index in [1.807, 2.05) is 24.3 Å². The highest BCUT2D eigenvalue weighted by molar-refractivity contribution is 5.91. The van der Waals surface area contributed by atoms with E-state index in [0.29, 0.717) is 6.42 Å². The summed E-state index contributed by atoms with van der Waals surface area (Å²) in [6.07, 6.45) is 0.307. The number of rotatable bonds is 4. The van der Waals surface area contributed by atoms with Gasteiger partial charge in [0.05, 0.1) is 13.5 Å². The Balaban J connectivity index is 1.99. The fraction of sp³-hybridized carbons (Fsp3) is 0.227. The molecule has 0 fully saturated rings. The van der Waals surface area contributed by atoms with Gasteiger partial charge in [0, 0.05) is 39.1 Å². The van der Waals surface area contributed by atoms with Gasteiger partial charge in [0.15, 0.2) is 0 Å². The van der Waals surface area contributed by atoms with Crippen molar-refractivity contribution in [3.8, 4) is 0 Å². The monoisotopic (exact) mass is 346 g/mol. The number of H-pyrrole nitrogens is 2. The molecule has 2 aromatic carbocycles. The average molecular weight is 346 g/mol. The van der Waals surface area contributed by atoms with Crippen LogP contribution in [0.5, 0.6) is 0 Å². The zero-order chi connectivity index (χ0) is 18.3. The molecule has 0 saturated heterocycles. The van der Waals surface area contributed by atoms with Crippen molar-refractivity contribution in [3.63, 3.8) is 0 Å². The molecule has 0 spiro atoms. The van der Waals surface area contributed by atoms with Crippen LogP contribution in [0.3, 0.4) is 0 Å². The second-order valence-corrected chi connectivity index (χ2v) is 6.75. The summed E-state index contributed by atoms with van der Waals surface area (Å²) in [5.41, 5.74) is 6.69. The highest BCUT2D eigenvalue weighted by Gasteiger charge is 2.27. The predicted octanol–water partition coefficient (Wildman–Crippen LogP) is 4.96. The summed E-state index contributed by atoms with van der Waals surface area (Å²) in [4.78, 5) is 19.2. The molecule has 2 aromatic heterocycles. The fourth-order valence-corrected chi connectivity index (χ4v) is 4.09. The van der Waals surface area contributed by atoms with Gasteiger partial charge in [-0.2, -0.15) is 0 Å². The molecular weight excluding hydrogens is 324 g/mol. The summed E-state index contributed by atoms with van der Waals surface area (Å²) in [6, 6.07) is 16.5. The first-order valence-corrected chi connectivity index (χ1v) is 8.81. The van der Waals surface area contributed by atoms with Crippen LogP contribution in [0, 0.1) is 13.8 Å². The quantitative estimate of drug-likeness (QED) is 0.513. The van der Waals surface area contributed by atoms with Gasteiger partial charge < -0.3 is 14.7 Å². The largest absolute Gasteiger partial charge is 0.469 e. The van der Waals surface area contributed by atoms with E-state index >= 15 is 0 Å². The van der Waals surface area contributed by atoms with E-state index in [2.05, 4.69) is 48.1 Å². The van der Waals surface area contributed by atoms with Gasteiger partial charge in [0.25, 0.3) is 0 Å². The first-order valence-electron chi connectivity index (χ1n) is 8.81. The number of methoxy groups -OCH3 is 1. The number of aryl methyl sites for hydroxylation is 2. The zero-order valence-corrected chi connectivity index (χ0v) is 15.2. The topological polar surface area (TPSA) is 57.9 Å². The maximum atomic E-state index is 12.3. The van der Waals surface area contributed by atoms with Crippen LogP contribution in [0.15, 0.2) is 48.5 Å². The maximum Gasteiger partial charge on any atom is 0.306 e. The summed E-state index contributed by atoms with van der Waals surface area (Å²) in [7, 11) is 1.45. The molecule has 2 heterocycles. The minimum absolute atomic E-state index is 0.0743. The minimum atomic E-state index is -0.204. The van der Waals surface area contributed by atoms with Crippen molar-refractivity contribution in [2.24, 2.45) is 0 Å². The van der Waals surface area contributed by atoms with E-state index in [4.69, 9.17) is 4.74 Å². The standard InChI is InChI=1S/C22H22N2O2/c1-13-21(15-8-4-6-10-18(15)23-13)17(12-20(25)26-3)22-14(2)24-19-11-7-5-9-16(19)22/h4-11,17,23-24H,12H2,1-3H3. The number of carbonyl (C=O) groups excluding carboxylic acids is 1. The van der Waals surface area contributed by atoms with Gasteiger partial charge in [-0.3, -0.25) is 4.79 Å². The third kappa shape index (κ3) is 2.58. The molecule has 4 aromatic rings. The van der Waals surface area contributed by atoms with Crippen molar-refractivity contribution in [2.45, 2.75) is 26.2 Å². The van der Waals surface area contributed by atoms with Gasteiger partial charge in [-0.05, 0) is 37.1 Å². The van der Waals surface area contributed by atoms with Crippen molar-refractivity contribution in [1.82, 2.24) is 9.97 Å². The highest BCUT2D eigenvalue weighted by atomic mass is 16.5. The van der Waals surface area contributed by atoms with Crippen molar-refractivity contribution >= 4 is 27.8 Å². The molecule has 0 aliphatic carbocycles. The molecule has 0 amide bonds. The Labute approximate surface area is 152 Å². The molecule has 4 nitrogen and oxygen atoms in total. The third-order valence-electron chi connectivity index (χ3n) is 5.18. The molecule has 0 radical (unpaired) electrons. The van der Waals surface area contributed by atoms with Crippen LogP contribution < -0.4 is 0 Å². The summed E-state index contributed by atoms with van der Waals surface area (Å²) in [6.45, 7) is 4.15. The second-order valence-electron chi connectivity index (χ2n) is 6.75. The number of nitrogens with one attached hydrogen (secondary N) is 2. The third-order valence-corrected chi connectivity index (χ3v) is 5.18. The Hall–Kier alpha value is -3.01. The maximum absolute atomic E-state index is 12.3. The Morgan fingerprint density at radius 3 is 1.81 bits per heavy atom. The molecule has 26 heavy (non-hydrogen) atoms. The Morgan fingerprint density at radius 1 is 0.885 bits per heavy atom. The molecule has 0 atom stereocenters. The van der Waals surface area contributed by atoms with Crippen LogP contribution in [0.2, 0.25) is 0 Å². The fourth-order valence-electron chi connectivity index (χ4n) is 4.09. The van der Waals surface area contributed by atoms with Gasteiger partial charge in [-0.25, -0.2) is 0 Å². The normalized spacial score (nSPS) is 11.5. The van der Waals surface area contributed by atoms with Crippen LogP contribution in [-0.4, -0.2) is 23.0 Å². The average Bonchev–Trinajstić information content (AvgIpc) is 3.15. The van der Waals surface area contributed by atoms with E-state index in [1.54, 1.807) is 0 Å². The van der Waals surface area contributed by atoms with Gasteiger partial charge in [0.2, 0.25) is 0 Å². The number of hydrogen-bond acceptors (Lipinski definition) is 2. The number of hydrogen-bond donors (Lipinski definition) is 2. The van der Waals surface area contributed by atoms with Crippen molar-refractivity contribution in [3.05, 3.63) is 71.0 Å². The van der Waals surface area contributed by atoms with E-state index < -0.39 is 0 Å². The number of esters is 1. The molecule has 132 valence electrons. The SMILES string of the molecule is COC(=O)CC(c1c(C)[nH]c2ccccc12)c1c(C)[nH]c2ccccc12. The molecule has 2 N–H and O–H groups in total. The molecule has 4 heteroatoms. The van der Waals surface area contributed by atoms with E-state index in [-0.39, 0.29) is 11.9 Å². The Kier molecular flexibility index (Phi) is 4.03. The summed E-state index contributed by atoms with van der Waals surface area (Å²) in [5, 5.41) is 2.31. The van der Waals surface area contributed by atoms with E-state index in [9.17, 15) is 4.79 Å². The summed E-state index contributed by atoms with van der Waals surface area (Å²) in [5.74, 6) is -0.279. The van der Waals surface area contributed by atoms with Crippen molar-refractivity contribution in [2.75, 3.05) is 7.11 Å². The number of carbonyl (C=O) groups is 1. The van der Waals surface area contributed by atoms with Gasteiger partial charge in [0.1, 0.15) is 0 Å². The first kappa shape index (κ1) is 16.5. The number of aromatic amines is 2. The number of aromatic nitrogens is 2. The van der Waals surface area contributed by atoms with Gasteiger partial charge in [-0.1, -0.05) is 36.4 Å². The highest BCUT2D eigenvalue weighted by Crippen LogP contribution is 2.40. The lowest BCUT2D eigenvalue weighted by Gasteiger charge is -2.18.